The van der Waals surface area contributed by atoms with Gasteiger partial charge in [0.05, 0.1) is 24.3 Å². The molecule has 4 aliphatic rings. The zero-order chi connectivity index (χ0) is 43.6. The number of aliphatic hydroxyl groups is 1. The number of esters is 1. The Morgan fingerprint density at radius 1 is 0.814 bits per heavy atom. The Labute approximate surface area is 350 Å². The predicted molar refractivity (Wildman–Crippen MR) is 222 cm³/mol. The monoisotopic (exact) mass is 857 g/mol. The number of hydrogen-bond acceptors (Lipinski definition) is 13. The van der Waals surface area contributed by atoms with E-state index in [1.54, 1.807) is 69.5 Å². The molecule has 2 aromatic rings. The Morgan fingerprint density at radius 3 is 1.83 bits per heavy atom. The third-order valence-corrected chi connectivity index (χ3v) is 21.7. The van der Waals surface area contributed by atoms with E-state index in [1.807, 2.05) is 0 Å². The number of aliphatic hydroxyl groups excluding tert-OH is 1. The van der Waals surface area contributed by atoms with Gasteiger partial charge < -0.3 is 47.1 Å². The molecule has 3 saturated heterocycles. The van der Waals surface area contributed by atoms with Gasteiger partial charge in [-0.2, -0.15) is 0 Å². The van der Waals surface area contributed by atoms with Crippen LogP contribution in [0.4, 0.5) is 0 Å². The minimum absolute atomic E-state index is 0.0455. The molecule has 326 valence electrons. The molecule has 0 aromatic heterocycles. The van der Waals surface area contributed by atoms with Crippen molar-refractivity contribution in [3.8, 4) is 11.5 Å². The molecular formula is C43H63NO13Si2. The molecule has 4 aliphatic heterocycles. The molecule has 0 saturated carbocycles. The second kappa shape index (κ2) is 16.3. The van der Waals surface area contributed by atoms with Crippen LogP contribution in [0.25, 0.3) is 0 Å². The highest BCUT2D eigenvalue weighted by atomic mass is 28.4. The normalized spacial score (nSPS) is 30.2. The number of fused-ring (bicyclic) bond motifs is 2. The van der Waals surface area contributed by atoms with Gasteiger partial charge in [0.2, 0.25) is 6.29 Å². The average molecular weight is 858 g/mol. The fourth-order valence-electron chi connectivity index (χ4n) is 7.63. The van der Waals surface area contributed by atoms with E-state index in [9.17, 15) is 19.5 Å². The minimum Gasteiger partial charge on any atom is -0.497 e. The first-order valence-electron chi connectivity index (χ1n) is 20.4. The molecule has 6 rings (SSSR count). The van der Waals surface area contributed by atoms with Crippen LogP contribution in [-0.4, -0.2) is 119 Å². The second-order valence-corrected chi connectivity index (χ2v) is 29.0. The third-order valence-electron chi connectivity index (χ3n) is 12.7. The van der Waals surface area contributed by atoms with Crippen molar-refractivity contribution in [3.05, 3.63) is 59.7 Å². The summed E-state index contributed by atoms with van der Waals surface area (Å²) in [4.78, 5) is 41.5. The van der Waals surface area contributed by atoms with Crippen molar-refractivity contribution in [3.63, 3.8) is 0 Å². The number of carbonyl (C=O) groups is 3. The van der Waals surface area contributed by atoms with Gasteiger partial charge in [-0.15, -0.1) is 0 Å². The van der Waals surface area contributed by atoms with E-state index >= 15 is 0 Å². The number of ether oxygens (including phenoxy) is 7. The van der Waals surface area contributed by atoms with Crippen LogP contribution in [0.1, 0.15) is 89.5 Å². The first-order valence-corrected chi connectivity index (χ1v) is 26.2. The minimum atomic E-state index is -2.61. The van der Waals surface area contributed by atoms with E-state index in [2.05, 4.69) is 67.7 Å². The lowest BCUT2D eigenvalue weighted by Crippen LogP contribution is -2.64. The summed E-state index contributed by atoms with van der Waals surface area (Å²) in [6, 6.07) is 12.4. The number of nitrogens with zero attached hydrogens (tertiary/aromatic N) is 1. The Bertz CT molecular complexity index is 1840. The van der Waals surface area contributed by atoms with Gasteiger partial charge in [-0.25, -0.2) is 0 Å². The second-order valence-electron chi connectivity index (χ2n) is 19.5. The molecule has 2 aromatic carbocycles. The quantitative estimate of drug-likeness (QED) is 0.135. The van der Waals surface area contributed by atoms with Gasteiger partial charge in [0.25, 0.3) is 11.8 Å². The van der Waals surface area contributed by atoms with E-state index in [4.69, 9.17) is 42.0 Å². The lowest BCUT2D eigenvalue weighted by molar-refractivity contribution is -0.244. The molecule has 0 radical (unpaired) electrons. The molecular weight excluding hydrogens is 795 g/mol. The van der Waals surface area contributed by atoms with Crippen molar-refractivity contribution in [2.24, 2.45) is 0 Å². The van der Waals surface area contributed by atoms with Crippen LogP contribution in [-0.2, 0) is 37.3 Å². The standard InChI is InChI=1S/C43H63NO13Si2/c1-24(45)50-29(23-30-33-34(55-43(8,9)54-33)31(39(48)52-30)44-37(46)27-17-15-16-18-28(27)38(44)47)32-35(56-58(11,12)41(2,3)4)36(57-59(13,14)42(5,6)7)40(53-32)51-26-21-19-25(49-10)20-22-26/h15-22,29-36,39-40,48H,23H2,1-14H3/t29?,30-,31-,32-,33-,34-,35-,36-,39-,40-/m1/s1. The zero-order valence-electron chi connectivity index (χ0n) is 36.9. The number of benzene rings is 2. The average Bonchev–Trinajstić information content (AvgIpc) is 3.71. The van der Waals surface area contributed by atoms with Crippen LogP contribution in [0.2, 0.25) is 36.3 Å². The number of amides is 2. The number of hydrogen-bond donors (Lipinski definition) is 1. The first-order chi connectivity index (χ1) is 27.2. The molecule has 0 spiro atoms. The molecule has 14 nitrogen and oxygen atoms in total. The SMILES string of the molecule is COc1ccc(O[C@@H]2O[C@H](C(C[C@H]3O[C@@H](O)[C@H](N4C(=O)c5ccccc5C4=O)[C@H]4OC(C)(C)O[C@@H]43)OC(C)=O)[C@@H](O[Si](C)(C)C(C)(C)C)[C@H]2O[Si](C)(C)C(C)(C)C)cc1. The Hall–Kier alpha value is -3.20. The lowest BCUT2D eigenvalue weighted by atomic mass is 9.90. The van der Waals surface area contributed by atoms with Gasteiger partial charge in [0, 0.05) is 13.3 Å². The van der Waals surface area contributed by atoms with Crippen LogP contribution in [0.3, 0.4) is 0 Å². The number of imide groups is 1. The summed E-state index contributed by atoms with van der Waals surface area (Å²) in [5.74, 6) is -1.73. The van der Waals surface area contributed by atoms with Crippen molar-refractivity contribution in [2.45, 2.75) is 172 Å². The topological polar surface area (TPSA) is 158 Å². The number of carbonyl (C=O) groups excluding carboxylic acids is 3. The van der Waals surface area contributed by atoms with Crippen molar-refractivity contribution >= 4 is 34.4 Å². The molecule has 4 heterocycles. The molecule has 3 fully saturated rings. The lowest BCUT2D eigenvalue weighted by Gasteiger charge is -2.45. The molecule has 0 aliphatic carbocycles. The van der Waals surface area contributed by atoms with E-state index in [0.29, 0.717) is 11.5 Å². The van der Waals surface area contributed by atoms with Gasteiger partial charge in [-0.05, 0) is 86.5 Å². The van der Waals surface area contributed by atoms with Crippen LogP contribution < -0.4 is 9.47 Å². The molecule has 16 heteroatoms. The highest BCUT2D eigenvalue weighted by molar-refractivity contribution is 6.74. The summed E-state index contributed by atoms with van der Waals surface area (Å²) < 4.78 is 58.7. The summed E-state index contributed by atoms with van der Waals surface area (Å²) in [6.45, 7) is 26.2. The van der Waals surface area contributed by atoms with Crippen molar-refractivity contribution in [1.82, 2.24) is 4.90 Å². The highest BCUT2D eigenvalue weighted by Crippen LogP contribution is 2.47. The molecule has 1 unspecified atom stereocenters. The van der Waals surface area contributed by atoms with Gasteiger partial charge in [-0.3, -0.25) is 19.3 Å². The summed E-state index contributed by atoms with van der Waals surface area (Å²) in [5.41, 5.74) is 0.451. The molecule has 1 N–H and O–H groups in total. The van der Waals surface area contributed by atoms with Crippen molar-refractivity contribution in [1.29, 1.82) is 0 Å². The largest absolute Gasteiger partial charge is 0.497 e. The van der Waals surface area contributed by atoms with Crippen LogP contribution in [0.5, 0.6) is 11.5 Å². The number of methoxy groups -OCH3 is 1. The number of rotatable bonds is 12. The van der Waals surface area contributed by atoms with Crippen LogP contribution >= 0.6 is 0 Å². The van der Waals surface area contributed by atoms with Gasteiger partial charge in [0.1, 0.15) is 54.2 Å². The Kier molecular flexibility index (Phi) is 12.5. The van der Waals surface area contributed by atoms with Crippen LogP contribution in [0.15, 0.2) is 48.5 Å². The van der Waals surface area contributed by atoms with E-state index in [0.717, 1.165) is 4.90 Å². The van der Waals surface area contributed by atoms with Gasteiger partial charge >= 0.3 is 5.97 Å². The van der Waals surface area contributed by atoms with Gasteiger partial charge in [0.15, 0.2) is 28.7 Å². The summed E-state index contributed by atoms with van der Waals surface area (Å²) in [7, 11) is -3.56. The molecule has 59 heavy (non-hydrogen) atoms. The van der Waals surface area contributed by atoms with Crippen molar-refractivity contribution < 1.29 is 61.5 Å². The first kappa shape index (κ1) is 45.3. The maximum absolute atomic E-state index is 13.7. The third kappa shape index (κ3) is 9.07. The smallest absolute Gasteiger partial charge is 0.302 e. The van der Waals surface area contributed by atoms with Crippen LogP contribution in [0, 0.1) is 0 Å². The molecule has 0 bridgehead atoms. The maximum atomic E-state index is 13.7. The fourth-order valence-corrected chi connectivity index (χ4v) is 10.2. The zero-order valence-corrected chi connectivity index (χ0v) is 38.9. The van der Waals surface area contributed by atoms with E-state index in [1.165, 1.54) is 6.92 Å². The summed E-state index contributed by atoms with van der Waals surface area (Å²) >= 11 is 0. The summed E-state index contributed by atoms with van der Waals surface area (Å²) in [6.07, 6.45) is -9.13. The maximum Gasteiger partial charge on any atom is 0.302 e. The van der Waals surface area contributed by atoms with Crippen molar-refractivity contribution in [2.75, 3.05) is 7.11 Å². The molecule has 2 amide bonds. The Morgan fingerprint density at radius 2 is 1.32 bits per heavy atom. The fraction of sp³-hybridized carbons (Fsp3) is 0.651. The predicted octanol–water partition coefficient (Wildman–Crippen LogP) is 6.80. The summed E-state index contributed by atoms with van der Waals surface area (Å²) in [5, 5.41) is 11.3. The van der Waals surface area contributed by atoms with Gasteiger partial charge in [-0.1, -0.05) is 53.7 Å². The Balaban J connectivity index is 1.39. The van der Waals surface area contributed by atoms with E-state index < -0.39 is 102 Å². The molecule has 10 atom stereocenters. The van der Waals surface area contributed by atoms with E-state index in [-0.39, 0.29) is 27.6 Å². The highest BCUT2D eigenvalue weighted by Gasteiger charge is 2.62.